The van der Waals surface area contributed by atoms with Gasteiger partial charge in [-0.25, -0.2) is 0 Å². The first-order chi connectivity index (χ1) is 33.0. The summed E-state index contributed by atoms with van der Waals surface area (Å²) in [6.07, 6.45) is 78.0. The van der Waals surface area contributed by atoms with Crippen molar-refractivity contribution in [3.63, 3.8) is 0 Å². The van der Waals surface area contributed by atoms with Gasteiger partial charge in [-0.1, -0.05) is 192 Å². The standard InChI is InChI=1S/C61H92O6/c1-4-7-10-13-16-19-22-25-28-30-33-36-39-42-45-48-51-54-60(63)66-57-58(56-65-59(62)53-50-47-44-41-38-35-32-27-24-21-18-15-12-9-6-3)67-61(64)55-52-49-46-43-40-37-34-31-29-26-23-20-17-14-11-8-5-2/h7-12,16-21,25-29,32-34,36-38,41-42,45,58H,4-6,13-15,22-24,30-31,35,39-40,43-44,46-57H2,1-3H3/b10-7-,11-8-,12-9-,19-16-,20-17-,21-18-,28-25-,29-26-,32-27-,36-33-,37-34-,41-38-,45-42-. The lowest BCUT2D eigenvalue weighted by Gasteiger charge is -2.18. The summed E-state index contributed by atoms with van der Waals surface area (Å²) in [5.74, 6) is -1.07. The molecule has 372 valence electrons. The van der Waals surface area contributed by atoms with Crippen LogP contribution in [0.1, 0.15) is 188 Å². The molecule has 1 unspecified atom stereocenters. The Morgan fingerprint density at radius 3 is 0.910 bits per heavy atom. The van der Waals surface area contributed by atoms with E-state index < -0.39 is 6.10 Å². The van der Waals surface area contributed by atoms with E-state index in [1.165, 1.54) is 0 Å². The summed E-state index contributed by atoms with van der Waals surface area (Å²) >= 11 is 0. The third-order valence-corrected chi connectivity index (χ3v) is 10.0. The fraction of sp³-hybridized carbons (Fsp3) is 0.525. The molecule has 0 fully saturated rings. The maximum atomic E-state index is 12.8. The molecule has 0 aliphatic rings. The fourth-order valence-corrected chi connectivity index (χ4v) is 6.22. The van der Waals surface area contributed by atoms with Crippen molar-refractivity contribution in [3.05, 3.63) is 158 Å². The van der Waals surface area contributed by atoms with Gasteiger partial charge in [-0.05, 0) is 135 Å². The number of unbranched alkanes of at least 4 members (excludes halogenated alkanes) is 7. The van der Waals surface area contributed by atoms with E-state index in [0.717, 1.165) is 128 Å². The van der Waals surface area contributed by atoms with Crippen LogP contribution in [0.2, 0.25) is 0 Å². The average Bonchev–Trinajstić information content (AvgIpc) is 3.33. The van der Waals surface area contributed by atoms with Crippen molar-refractivity contribution in [1.82, 2.24) is 0 Å². The molecule has 1 atom stereocenters. The number of hydrogen-bond donors (Lipinski definition) is 0. The van der Waals surface area contributed by atoms with Crippen LogP contribution in [0, 0.1) is 0 Å². The predicted molar refractivity (Wildman–Crippen MR) is 288 cm³/mol. The molecule has 0 bridgehead atoms. The zero-order valence-electron chi connectivity index (χ0n) is 42.3. The molecule has 67 heavy (non-hydrogen) atoms. The van der Waals surface area contributed by atoms with Gasteiger partial charge in [0.2, 0.25) is 0 Å². The normalized spacial score (nSPS) is 13.4. The number of allylic oxidation sites excluding steroid dienone is 26. The van der Waals surface area contributed by atoms with Crippen molar-refractivity contribution in [2.24, 2.45) is 0 Å². The molecule has 0 aliphatic carbocycles. The SMILES string of the molecule is CC/C=C\C/C=C\C/C=C\C/C=C\C/C=C\CCCC(=O)OCC(COC(=O)CCCC/C=C\C/C=C\C/C=C\C/C=C\CC)OC(=O)CCCCCC/C=C\C/C=C\C/C=C\C/C=C\CC. The molecule has 0 saturated heterocycles. The van der Waals surface area contributed by atoms with Gasteiger partial charge in [0.05, 0.1) is 0 Å². The van der Waals surface area contributed by atoms with Crippen molar-refractivity contribution in [2.75, 3.05) is 13.2 Å². The van der Waals surface area contributed by atoms with Crippen LogP contribution in [-0.4, -0.2) is 37.2 Å². The van der Waals surface area contributed by atoms with E-state index in [-0.39, 0.29) is 50.4 Å². The highest BCUT2D eigenvalue weighted by atomic mass is 16.6. The second-order valence-electron chi connectivity index (χ2n) is 16.3. The summed E-state index contributed by atoms with van der Waals surface area (Å²) in [4.78, 5) is 38.0. The molecule has 0 spiro atoms. The predicted octanol–water partition coefficient (Wildman–Crippen LogP) is 17.4. The van der Waals surface area contributed by atoms with E-state index in [4.69, 9.17) is 14.2 Å². The minimum atomic E-state index is -0.839. The van der Waals surface area contributed by atoms with Crippen molar-refractivity contribution in [1.29, 1.82) is 0 Å². The second-order valence-corrected chi connectivity index (χ2v) is 16.3. The molecule has 0 N–H and O–H groups in total. The Morgan fingerprint density at radius 1 is 0.299 bits per heavy atom. The molecule has 0 saturated carbocycles. The molecule has 0 heterocycles. The smallest absolute Gasteiger partial charge is 0.306 e. The first kappa shape index (κ1) is 62.0. The van der Waals surface area contributed by atoms with Gasteiger partial charge in [-0.2, -0.15) is 0 Å². The van der Waals surface area contributed by atoms with Gasteiger partial charge in [0, 0.05) is 19.3 Å². The Hall–Kier alpha value is -4.97. The Morgan fingerprint density at radius 2 is 0.552 bits per heavy atom. The summed E-state index contributed by atoms with van der Waals surface area (Å²) in [6.45, 7) is 6.16. The summed E-state index contributed by atoms with van der Waals surface area (Å²) in [5.41, 5.74) is 0. The highest BCUT2D eigenvalue weighted by molar-refractivity contribution is 5.71. The molecule has 0 aromatic heterocycles. The number of rotatable bonds is 44. The van der Waals surface area contributed by atoms with Crippen molar-refractivity contribution in [3.8, 4) is 0 Å². The zero-order chi connectivity index (χ0) is 48.6. The minimum Gasteiger partial charge on any atom is -0.462 e. The molecule has 0 amide bonds. The van der Waals surface area contributed by atoms with Gasteiger partial charge in [-0.3, -0.25) is 14.4 Å². The van der Waals surface area contributed by atoms with Crippen molar-refractivity contribution >= 4 is 17.9 Å². The van der Waals surface area contributed by atoms with Crippen LogP contribution in [0.4, 0.5) is 0 Å². The van der Waals surface area contributed by atoms with E-state index in [1.54, 1.807) is 0 Å². The number of esters is 3. The summed E-state index contributed by atoms with van der Waals surface area (Å²) in [7, 11) is 0. The third-order valence-electron chi connectivity index (χ3n) is 10.0. The van der Waals surface area contributed by atoms with Gasteiger partial charge in [0.1, 0.15) is 13.2 Å². The molecule has 0 aliphatic heterocycles. The molecule has 6 nitrogen and oxygen atoms in total. The molecule has 0 radical (unpaired) electrons. The topological polar surface area (TPSA) is 78.9 Å². The average molecular weight is 921 g/mol. The van der Waals surface area contributed by atoms with E-state index in [2.05, 4.69) is 179 Å². The van der Waals surface area contributed by atoms with Gasteiger partial charge >= 0.3 is 17.9 Å². The zero-order valence-corrected chi connectivity index (χ0v) is 42.3. The third kappa shape index (κ3) is 51.9. The Bertz CT molecular complexity index is 1570. The monoisotopic (exact) mass is 921 g/mol. The first-order valence-corrected chi connectivity index (χ1v) is 26.0. The number of carbonyl (C=O) groups is 3. The van der Waals surface area contributed by atoms with Crippen LogP contribution in [-0.2, 0) is 28.6 Å². The highest BCUT2D eigenvalue weighted by Gasteiger charge is 2.19. The van der Waals surface area contributed by atoms with Crippen molar-refractivity contribution in [2.45, 2.75) is 194 Å². The van der Waals surface area contributed by atoms with Gasteiger partial charge in [0.15, 0.2) is 6.10 Å². The Kier molecular flexibility index (Phi) is 49.7. The lowest BCUT2D eigenvalue weighted by atomic mass is 10.1. The molecule has 0 aromatic rings. The van der Waals surface area contributed by atoms with E-state index in [0.29, 0.717) is 19.3 Å². The quantitative estimate of drug-likeness (QED) is 0.0262. The summed E-state index contributed by atoms with van der Waals surface area (Å²) in [6, 6.07) is 0. The lowest BCUT2D eigenvalue weighted by Crippen LogP contribution is -2.30. The van der Waals surface area contributed by atoms with Crippen LogP contribution in [0.15, 0.2) is 158 Å². The minimum absolute atomic E-state index is 0.135. The first-order valence-electron chi connectivity index (χ1n) is 26.0. The van der Waals surface area contributed by atoms with Crippen LogP contribution in [0.25, 0.3) is 0 Å². The van der Waals surface area contributed by atoms with E-state index >= 15 is 0 Å². The highest BCUT2D eigenvalue weighted by Crippen LogP contribution is 2.11. The molecule has 0 rings (SSSR count). The summed E-state index contributed by atoms with van der Waals surface area (Å²) < 4.78 is 16.7. The van der Waals surface area contributed by atoms with Gasteiger partial charge in [-0.15, -0.1) is 0 Å². The maximum absolute atomic E-state index is 12.8. The second kappa shape index (κ2) is 53.6. The van der Waals surface area contributed by atoms with Crippen LogP contribution in [0.5, 0.6) is 0 Å². The van der Waals surface area contributed by atoms with E-state index in [1.807, 2.05) is 0 Å². The largest absolute Gasteiger partial charge is 0.462 e. The van der Waals surface area contributed by atoms with E-state index in [9.17, 15) is 14.4 Å². The Balaban J connectivity index is 4.63. The lowest BCUT2D eigenvalue weighted by molar-refractivity contribution is -0.167. The van der Waals surface area contributed by atoms with Gasteiger partial charge < -0.3 is 14.2 Å². The fourth-order valence-electron chi connectivity index (χ4n) is 6.22. The molecular formula is C61H92O6. The van der Waals surface area contributed by atoms with Crippen LogP contribution < -0.4 is 0 Å². The number of hydrogen-bond acceptors (Lipinski definition) is 6. The maximum Gasteiger partial charge on any atom is 0.306 e. The van der Waals surface area contributed by atoms with Crippen molar-refractivity contribution < 1.29 is 28.6 Å². The summed E-state index contributed by atoms with van der Waals surface area (Å²) in [5, 5.41) is 0. The van der Waals surface area contributed by atoms with Crippen LogP contribution >= 0.6 is 0 Å². The molecule has 6 heteroatoms. The van der Waals surface area contributed by atoms with Crippen LogP contribution in [0.3, 0.4) is 0 Å². The Labute approximate surface area is 409 Å². The molecular weight excluding hydrogens is 829 g/mol. The molecule has 0 aromatic carbocycles. The van der Waals surface area contributed by atoms with Gasteiger partial charge in [0.25, 0.3) is 0 Å². The number of ether oxygens (including phenoxy) is 3. The number of carbonyl (C=O) groups excluding carboxylic acids is 3.